The highest BCUT2D eigenvalue weighted by molar-refractivity contribution is 9.10. The second-order valence-corrected chi connectivity index (χ2v) is 4.15. The van der Waals surface area contributed by atoms with Crippen molar-refractivity contribution >= 4 is 33.3 Å². The quantitative estimate of drug-likeness (QED) is 0.840. The highest BCUT2D eigenvalue weighted by Crippen LogP contribution is 2.30. The summed E-state index contributed by atoms with van der Waals surface area (Å²) in [6.07, 6.45) is 0. The van der Waals surface area contributed by atoms with Gasteiger partial charge in [-0.3, -0.25) is 9.59 Å². The fraction of sp³-hybridized carbons (Fsp3) is 0.273. The SMILES string of the molecule is CC(=O)Nc1c(C(C)=O)ccc(C)c1Br. The van der Waals surface area contributed by atoms with Gasteiger partial charge in [0.05, 0.1) is 5.69 Å². The molecule has 15 heavy (non-hydrogen) atoms. The molecule has 0 atom stereocenters. The molecule has 0 aromatic heterocycles. The van der Waals surface area contributed by atoms with Crippen LogP contribution in [0.5, 0.6) is 0 Å². The first-order valence-corrected chi connectivity index (χ1v) is 5.30. The third kappa shape index (κ3) is 2.65. The Morgan fingerprint density at radius 2 is 1.87 bits per heavy atom. The molecule has 0 aliphatic rings. The van der Waals surface area contributed by atoms with Crippen molar-refractivity contribution in [1.29, 1.82) is 0 Å². The van der Waals surface area contributed by atoms with Crippen molar-refractivity contribution in [3.05, 3.63) is 27.7 Å². The molecule has 1 rings (SSSR count). The number of hydrogen-bond donors (Lipinski definition) is 1. The van der Waals surface area contributed by atoms with Gasteiger partial charge >= 0.3 is 0 Å². The first-order chi connectivity index (χ1) is 6.93. The lowest BCUT2D eigenvalue weighted by Crippen LogP contribution is -2.11. The molecule has 1 aromatic rings. The van der Waals surface area contributed by atoms with Crippen LogP contribution in [0.3, 0.4) is 0 Å². The number of benzene rings is 1. The van der Waals surface area contributed by atoms with Crippen molar-refractivity contribution in [2.45, 2.75) is 20.8 Å². The van der Waals surface area contributed by atoms with Gasteiger partial charge in [-0.2, -0.15) is 0 Å². The van der Waals surface area contributed by atoms with Crippen LogP contribution in [0.1, 0.15) is 29.8 Å². The topological polar surface area (TPSA) is 46.2 Å². The maximum Gasteiger partial charge on any atom is 0.221 e. The van der Waals surface area contributed by atoms with E-state index in [2.05, 4.69) is 21.2 Å². The number of anilines is 1. The normalized spacial score (nSPS) is 9.87. The average Bonchev–Trinajstić information content (AvgIpc) is 2.12. The number of nitrogens with one attached hydrogen (secondary N) is 1. The molecule has 1 aromatic carbocycles. The molecule has 0 aliphatic heterocycles. The molecule has 0 heterocycles. The summed E-state index contributed by atoms with van der Waals surface area (Å²) in [6.45, 7) is 4.79. The van der Waals surface area contributed by atoms with E-state index in [0.717, 1.165) is 10.0 Å². The number of amides is 1. The van der Waals surface area contributed by atoms with E-state index in [1.54, 1.807) is 6.07 Å². The fourth-order valence-corrected chi connectivity index (χ4v) is 1.72. The zero-order valence-corrected chi connectivity index (χ0v) is 10.4. The van der Waals surface area contributed by atoms with Crippen molar-refractivity contribution in [2.24, 2.45) is 0 Å². The van der Waals surface area contributed by atoms with E-state index in [0.29, 0.717) is 11.3 Å². The van der Waals surface area contributed by atoms with Crippen LogP contribution in [-0.4, -0.2) is 11.7 Å². The lowest BCUT2D eigenvalue weighted by atomic mass is 10.1. The van der Waals surface area contributed by atoms with E-state index >= 15 is 0 Å². The Labute approximate surface area is 97.0 Å². The number of ketones is 1. The first kappa shape index (κ1) is 11.9. The average molecular weight is 270 g/mol. The summed E-state index contributed by atoms with van der Waals surface area (Å²) < 4.78 is 0.755. The highest BCUT2D eigenvalue weighted by Gasteiger charge is 2.13. The highest BCUT2D eigenvalue weighted by atomic mass is 79.9. The van der Waals surface area contributed by atoms with Gasteiger partial charge in [0, 0.05) is 17.0 Å². The fourth-order valence-electron chi connectivity index (χ4n) is 1.27. The summed E-state index contributed by atoms with van der Waals surface area (Å²) >= 11 is 3.36. The predicted octanol–water partition coefficient (Wildman–Crippen LogP) is 2.92. The van der Waals surface area contributed by atoms with E-state index in [1.807, 2.05) is 13.0 Å². The zero-order valence-electron chi connectivity index (χ0n) is 8.85. The third-order valence-electron chi connectivity index (χ3n) is 2.02. The number of rotatable bonds is 2. The van der Waals surface area contributed by atoms with E-state index < -0.39 is 0 Å². The van der Waals surface area contributed by atoms with E-state index in [-0.39, 0.29) is 11.7 Å². The second kappa shape index (κ2) is 4.57. The number of aryl methyl sites for hydroxylation is 1. The summed E-state index contributed by atoms with van der Waals surface area (Å²) in [5.74, 6) is -0.261. The second-order valence-electron chi connectivity index (χ2n) is 3.36. The summed E-state index contributed by atoms with van der Waals surface area (Å²) in [7, 11) is 0. The van der Waals surface area contributed by atoms with Crippen molar-refractivity contribution < 1.29 is 9.59 Å². The molecule has 0 aliphatic carbocycles. The lowest BCUT2D eigenvalue weighted by Gasteiger charge is -2.11. The Balaban J connectivity index is 3.34. The van der Waals surface area contributed by atoms with Gasteiger partial charge in [-0.25, -0.2) is 0 Å². The van der Waals surface area contributed by atoms with Gasteiger partial charge in [0.15, 0.2) is 5.78 Å². The summed E-state index contributed by atoms with van der Waals surface area (Å²) in [6, 6.07) is 3.56. The molecule has 0 spiro atoms. The Morgan fingerprint density at radius 1 is 1.27 bits per heavy atom. The lowest BCUT2D eigenvalue weighted by molar-refractivity contribution is -0.114. The van der Waals surface area contributed by atoms with Crippen LogP contribution in [0.4, 0.5) is 5.69 Å². The van der Waals surface area contributed by atoms with Crippen LogP contribution >= 0.6 is 15.9 Å². The van der Waals surface area contributed by atoms with Crippen LogP contribution in [0.25, 0.3) is 0 Å². The maximum atomic E-state index is 11.3. The Morgan fingerprint density at radius 3 is 2.33 bits per heavy atom. The molecule has 1 amide bonds. The smallest absolute Gasteiger partial charge is 0.221 e. The standard InChI is InChI=1S/C11H12BrNO2/c1-6-4-5-9(7(2)14)11(10(6)12)13-8(3)15/h4-5H,1-3H3,(H,13,15). The van der Waals surface area contributed by atoms with Crippen molar-refractivity contribution in [1.82, 2.24) is 0 Å². The van der Waals surface area contributed by atoms with Crippen molar-refractivity contribution in [2.75, 3.05) is 5.32 Å². The monoisotopic (exact) mass is 269 g/mol. The Bertz CT molecular complexity index is 427. The number of Topliss-reactive ketones (excluding diaryl/α,β-unsaturated/α-hetero) is 1. The number of halogens is 1. The molecular weight excluding hydrogens is 258 g/mol. The van der Waals surface area contributed by atoms with Gasteiger partial charge in [0.1, 0.15) is 0 Å². The molecule has 0 unspecified atom stereocenters. The minimum atomic E-state index is -0.191. The maximum absolute atomic E-state index is 11.3. The van der Waals surface area contributed by atoms with E-state index in [4.69, 9.17) is 0 Å². The van der Waals surface area contributed by atoms with Gasteiger partial charge in [-0.15, -0.1) is 0 Å². The molecular formula is C11H12BrNO2. The molecule has 0 fully saturated rings. The molecule has 0 radical (unpaired) electrons. The van der Waals surface area contributed by atoms with Gasteiger partial charge < -0.3 is 5.32 Å². The molecule has 0 saturated carbocycles. The Kier molecular flexibility index (Phi) is 3.63. The third-order valence-corrected chi connectivity index (χ3v) is 3.04. The predicted molar refractivity (Wildman–Crippen MR) is 63.2 cm³/mol. The molecule has 1 N–H and O–H groups in total. The van der Waals surface area contributed by atoms with Crippen molar-refractivity contribution in [3.63, 3.8) is 0 Å². The summed E-state index contributed by atoms with van der Waals surface area (Å²) in [5.41, 5.74) is 2.04. The van der Waals surface area contributed by atoms with Gasteiger partial charge in [-0.05, 0) is 41.4 Å². The van der Waals surface area contributed by atoms with E-state index in [9.17, 15) is 9.59 Å². The minimum Gasteiger partial charge on any atom is -0.325 e. The van der Waals surface area contributed by atoms with Gasteiger partial charge in [-0.1, -0.05) is 6.07 Å². The minimum absolute atomic E-state index is 0.0700. The van der Waals surface area contributed by atoms with Gasteiger partial charge in [0.25, 0.3) is 0 Å². The van der Waals surface area contributed by atoms with Crippen LogP contribution in [-0.2, 0) is 4.79 Å². The summed E-state index contributed by atoms with van der Waals surface area (Å²) in [5, 5.41) is 2.66. The molecule has 0 bridgehead atoms. The summed E-state index contributed by atoms with van der Waals surface area (Å²) in [4.78, 5) is 22.3. The first-order valence-electron chi connectivity index (χ1n) is 4.51. The van der Waals surface area contributed by atoms with Gasteiger partial charge in [0.2, 0.25) is 5.91 Å². The van der Waals surface area contributed by atoms with Crippen LogP contribution in [0.15, 0.2) is 16.6 Å². The number of carbonyl (C=O) groups is 2. The van der Waals surface area contributed by atoms with Crippen molar-refractivity contribution in [3.8, 4) is 0 Å². The van der Waals surface area contributed by atoms with Crippen LogP contribution < -0.4 is 5.32 Å². The van der Waals surface area contributed by atoms with Crippen LogP contribution in [0, 0.1) is 6.92 Å². The molecule has 3 nitrogen and oxygen atoms in total. The molecule has 80 valence electrons. The zero-order chi connectivity index (χ0) is 11.6. The van der Waals surface area contributed by atoms with E-state index in [1.165, 1.54) is 13.8 Å². The largest absolute Gasteiger partial charge is 0.325 e. The molecule has 4 heteroatoms. The number of hydrogen-bond acceptors (Lipinski definition) is 2. The van der Waals surface area contributed by atoms with Crippen LogP contribution in [0.2, 0.25) is 0 Å². The Hall–Kier alpha value is -1.16. The number of carbonyl (C=O) groups excluding carboxylic acids is 2. The molecule has 0 saturated heterocycles.